The Balaban J connectivity index is 2.20. The topological polar surface area (TPSA) is 49.4 Å². The number of amides is 2. The number of hydrogen-bond donors (Lipinski definition) is 1. The van der Waals surface area contributed by atoms with Crippen LogP contribution in [0.5, 0.6) is 0 Å². The van der Waals surface area contributed by atoms with Gasteiger partial charge in [0.05, 0.1) is 0 Å². The lowest BCUT2D eigenvalue weighted by Crippen LogP contribution is -2.62. The Morgan fingerprint density at radius 2 is 1.81 bits per heavy atom. The van der Waals surface area contributed by atoms with Crippen molar-refractivity contribution in [2.75, 3.05) is 0 Å². The van der Waals surface area contributed by atoms with Gasteiger partial charge >= 0.3 is 0 Å². The van der Waals surface area contributed by atoms with Gasteiger partial charge in [-0.05, 0) is 25.3 Å². The molecule has 2 rings (SSSR count). The van der Waals surface area contributed by atoms with Crippen molar-refractivity contribution < 1.29 is 9.59 Å². The minimum Gasteiger partial charge on any atom is -0.343 e. The lowest BCUT2D eigenvalue weighted by Gasteiger charge is -2.38. The highest BCUT2D eigenvalue weighted by Crippen LogP contribution is 2.19. The molecule has 1 aliphatic heterocycles. The number of carbonyl (C=O) groups excluding carboxylic acids is 2. The molecule has 0 aromatic heterocycles. The molecule has 2 unspecified atom stereocenters. The Bertz CT molecular complexity index is 510. The van der Waals surface area contributed by atoms with Crippen molar-refractivity contribution in [1.29, 1.82) is 0 Å². The standard InChI is InChI=1S/C17H24N2O2/c1-4-6-14-17(21)19(15(5-2)16(20)18-14)11-13-9-7-12(3)8-10-13/h7-10,14-15H,4-6,11H2,1-3H3,(H,18,20). The minimum absolute atomic E-state index is 0.0253. The molecule has 1 aliphatic rings. The molecule has 21 heavy (non-hydrogen) atoms. The fourth-order valence-electron chi connectivity index (χ4n) is 2.79. The van der Waals surface area contributed by atoms with Crippen molar-refractivity contribution in [3.63, 3.8) is 0 Å². The van der Waals surface area contributed by atoms with Gasteiger partial charge in [-0.3, -0.25) is 9.59 Å². The summed E-state index contributed by atoms with van der Waals surface area (Å²) in [7, 11) is 0. The summed E-state index contributed by atoms with van der Waals surface area (Å²) in [4.78, 5) is 26.6. The van der Waals surface area contributed by atoms with Crippen LogP contribution in [0.2, 0.25) is 0 Å². The molecule has 2 atom stereocenters. The van der Waals surface area contributed by atoms with E-state index in [0.29, 0.717) is 19.4 Å². The highest BCUT2D eigenvalue weighted by Gasteiger charge is 2.38. The summed E-state index contributed by atoms with van der Waals surface area (Å²) >= 11 is 0. The molecule has 0 saturated carbocycles. The number of hydrogen-bond acceptors (Lipinski definition) is 2. The van der Waals surface area contributed by atoms with E-state index < -0.39 is 0 Å². The predicted molar refractivity (Wildman–Crippen MR) is 82.6 cm³/mol. The maximum Gasteiger partial charge on any atom is 0.246 e. The Morgan fingerprint density at radius 3 is 2.38 bits per heavy atom. The van der Waals surface area contributed by atoms with E-state index in [-0.39, 0.29) is 23.9 Å². The molecule has 114 valence electrons. The third kappa shape index (κ3) is 3.43. The van der Waals surface area contributed by atoms with E-state index in [1.54, 1.807) is 4.90 Å². The Labute approximate surface area is 126 Å². The minimum atomic E-state index is -0.365. The highest BCUT2D eigenvalue weighted by atomic mass is 16.2. The second-order valence-electron chi connectivity index (χ2n) is 5.73. The fraction of sp³-hybridized carbons (Fsp3) is 0.529. The van der Waals surface area contributed by atoms with Crippen molar-refractivity contribution in [2.45, 2.75) is 58.7 Å². The lowest BCUT2D eigenvalue weighted by atomic mass is 10.0. The van der Waals surface area contributed by atoms with E-state index in [9.17, 15) is 9.59 Å². The van der Waals surface area contributed by atoms with Gasteiger partial charge in [-0.2, -0.15) is 0 Å². The van der Waals surface area contributed by atoms with Crippen LogP contribution in [0.25, 0.3) is 0 Å². The summed E-state index contributed by atoms with van der Waals surface area (Å²) < 4.78 is 0. The van der Waals surface area contributed by atoms with Crippen molar-refractivity contribution in [1.82, 2.24) is 10.2 Å². The second-order valence-corrected chi connectivity index (χ2v) is 5.73. The average molecular weight is 288 g/mol. The highest BCUT2D eigenvalue weighted by molar-refractivity contribution is 5.96. The Hall–Kier alpha value is -1.84. The molecular formula is C17H24N2O2. The van der Waals surface area contributed by atoms with Crippen molar-refractivity contribution in [3.05, 3.63) is 35.4 Å². The lowest BCUT2D eigenvalue weighted by molar-refractivity contribution is -0.150. The molecule has 1 N–H and O–H groups in total. The maximum atomic E-state index is 12.6. The summed E-state index contributed by atoms with van der Waals surface area (Å²) in [6, 6.07) is 7.40. The van der Waals surface area contributed by atoms with Crippen molar-refractivity contribution >= 4 is 11.8 Å². The average Bonchev–Trinajstić information content (AvgIpc) is 2.47. The van der Waals surface area contributed by atoms with E-state index in [0.717, 1.165) is 12.0 Å². The number of nitrogens with zero attached hydrogens (tertiary/aromatic N) is 1. The molecule has 4 heteroatoms. The monoisotopic (exact) mass is 288 g/mol. The summed E-state index contributed by atoms with van der Waals surface area (Å²) in [5.41, 5.74) is 2.26. The zero-order chi connectivity index (χ0) is 15.4. The molecule has 1 aromatic carbocycles. The van der Waals surface area contributed by atoms with Crippen LogP contribution in [0.15, 0.2) is 24.3 Å². The smallest absolute Gasteiger partial charge is 0.246 e. The predicted octanol–water partition coefficient (Wildman–Crippen LogP) is 2.40. The van der Waals surface area contributed by atoms with Crippen LogP contribution in [0.3, 0.4) is 0 Å². The molecule has 2 amide bonds. The molecule has 0 bridgehead atoms. The van der Waals surface area contributed by atoms with Gasteiger partial charge in [0, 0.05) is 6.54 Å². The third-order valence-electron chi connectivity index (χ3n) is 4.01. The number of aryl methyl sites for hydroxylation is 1. The number of nitrogens with one attached hydrogen (secondary N) is 1. The van der Waals surface area contributed by atoms with E-state index in [2.05, 4.69) is 5.32 Å². The van der Waals surface area contributed by atoms with Crippen LogP contribution < -0.4 is 5.32 Å². The van der Waals surface area contributed by atoms with Gasteiger partial charge in [0.1, 0.15) is 12.1 Å². The quantitative estimate of drug-likeness (QED) is 0.904. The van der Waals surface area contributed by atoms with E-state index in [1.165, 1.54) is 5.56 Å². The molecule has 1 saturated heterocycles. The zero-order valence-electron chi connectivity index (χ0n) is 13.1. The Morgan fingerprint density at radius 1 is 1.14 bits per heavy atom. The third-order valence-corrected chi connectivity index (χ3v) is 4.01. The number of benzene rings is 1. The molecule has 0 spiro atoms. The first-order chi connectivity index (χ1) is 10.1. The molecule has 1 aromatic rings. The van der Waals surface area contributed by atoms with Gasteiger partial charge in [0.2, 0.25) is 11.8 Å². The summed E-state index contributed by atoms with van der Waals surface area (Å²) in [6.07, 6.45) is 2.22. The molecule has 0 radical (unpaired) electrons. The largest absolute Gasteiger partial charge is 0.343 e. The van der Waals surface area contributed by atoms with Crippen LogP contribution in [0.4, 0.5) is 0 Å². The number of piperazine rings is 1. The van der Waals surface area contributed by atoms with Crippen molar-refractivity contribution in [3.8, 4) is 0 Å². The van der Waals surface area contributed by atoms with Crippen LogP contribution in [0.1, 0.15) is 44.2 Å². The SMILES string of the molecule is CCCC1NC(=O)C(CC)N(Cc2ccc(C)cc2)C1=O. The fourth-order valence-corrected chi connectivity index (χ4v) is 2.79. The zero-order valence-corrected chi connectivity index (χ0v) is 13.1. The van der Waals surface area contributed by atoms with Gasteiger partial charge in [-0.25, -0.2) is 0 Å². The second kappa shape index (κ2) is 6.74. The van der Waals surface area contributed by atoms with Crippen LogP contribution >= 0.6 is 0 Å². The molecule has 1 heterocycles. The maximum absolute atomic E-state index is 12.6. The normalized spacial score (nSPS) is 22.3. The molecule has 0 aliphatic carbocycles. The molecule has 4 nitrogen and oxygen atoms in total. The number of carbonyl (C=O) groups is 2. The van der Waals surface area contributed by atoms with Gasteiger partial charge in [-0.1, -0.05) is 50.1 Å². The summed E-state index contributed by atoms with van der Waals surface area (Å²) in [5.74, 6) is 0.0199. The van der Waals surface area contributed by atoms with Crippen LogP contribution in [-0.2, 0) is 16.1 Å². The van der Waals surface area contributed by atoms with E-state index in [4.69, 9.17) is 0 Å². The van der Waals surface area contributed by atoms with Crippen LogP contribution in [-0.4, -0.2) is 28.8 Å². The van der Waals surface area contributed by atoms with E-state index in [1.807, 2.05) is 45.0 Å². The Kier molecular flexibility index (Phi) is 4.99. The van der Waals surface area contributed by atoms with Crippen LogP contribution in [0, 0.1) is 6.92 Å². The molecular weight excluding hydrogens is 264 g/mol. The molecule has 1 fully saturated rings. The number of rotatable bonds is 5. The first-order valence-corrected chi connectivity index (χ1v) is 7.73. The van der Waals surface area contributed by atoms with Crippen molar-refractivity contribution in [2.24, 2.45) is 0 Å². The summed E-state index contributed by atoms with van der Waals surface area (Å²) in [6.45, 7) is 6.51. The van der Waals surface area contributed by atoms with Gasteiger partial charge in [0.25, 0.3) is 0 Å². The van der Waals surface area contributed by atoms with Gasteiger partial charge < -0.3 is 10.2 Å². The summed E-state index contributed by atoms with van der Waals surface area (Å²) in [5, 5.41) is 2.86. The van der Waals surface area contributed by atoms with E-state index >= 15 is 0 Å². The van der Waals surface area contributed by atoms with Gasteiger partial charge in [0.15, 0.2) is 0 Å². The van der Waals surface area contributed by atoms with Gasteiger partial charge in [-0.15, -0.1) is 0 Å². The first kappa shape index (κ1) is 15.5. The first-order valence-electron chi connectivity index (χ1n) is 7.73.